The molecule has 1 aliphatic heterocycles. The van der Waals surface area contributed by atoms with Crippen LogP contribution in [0.5, 0.6) is 0 Å². The first-order valence-corrected chi connectivity index (χ1v) is 12.0. The van der Waals surface area contributed by atoms with Gasteiger partial charge in [-0.2, -0.15) is 5.10 Å². The van der Waals surface area contributed by atoms with E-state index in [2.05, 4.69) is 50.7 Å². The zero-order chi connectivity index (χ0) is 24.5. The molecule has 1 fully saturated rings. The summed E-state index contributed by atoms with van der Waals surface area (Å²) in [6, 6.07) is 14.3. The number of hydrogen-bond acceptors (Lipinski definition) is 5. The Hall–Kier alpha value is -3.94. The maximum atomic E-state index is 13.4. The highest BCUT2D eigenvalue weighted by Gasteiger charge is 2.23. The van der Waals surface area contributed by atoms with Crippen LogP contribution in [0, 0.1) is 20.8 Å². The van der Waals surface area contributed by atoms with Crippen LogP contribution in [-0.4, -0.2) is 56.3 Å². The van der Waals surface area contributed by atoms with E-state index >= 15 is 0 Å². The van der Waals surface area contributed by atoms with Crippen molar-refractivity contribution in [3.05, 3.63) is 87.7 Å². The van der Waals surface area contributed by atoms with Crippen molar-refractivity contribution in [3.8, 4) is 0 Å². The first-order chi connectivity index (χ1) is 16.9. The summed E-state index contributed by atoms with van der Waals surface area (Å²) in [5.41, 5.74) is 4.08. The molecular formula is C27H30N6O2. The van der Waals surface area contributed by atoms with E-state index < -0.39 is 0 Å². The third-order valence-corrected chi connectivity index (χ3v) is 6.96. The molecule has 1 aromatic carbocycles. The average Bonchev–Trinajstić information content (AvgIpc) is 3.12. The Kier molecular flexibility index (Phi) is 6.11. The molecule has 8 heteroatoms. The normalized spacial score (nSPS) is 14.0. The topological polar surface area (TPSA) is 76.3 Å². The largest absolute Gasteiger partial charge is 0.353 e. The number of carbonyl (C=O) groups is 1. The van der Waals surface area contributed by atoms with Gasteiger partial charge in [0, 0.05) is 55.7 Å². The molecule has 0 spiro atoms. The maximum absolute atomic E-state index is 13.4. The predicted molar refractivity (Wildman–Crippen MR) is 137 cm³/mol. The lowest BCUT2D eigenvalue weighted by Gasteiger charge is -2.35. The van der Waals surface area contributed by atoms with Crippen molar-refractivity contribution in [1.82, 2.24) is 24.2 Å². The molecule has 0 N–H and O–H groups in total. The SMILES string of the molecule is Cc1ccc(Cn2c(C)c3cnn(CC(=O)N4CCN(c5ccccn5)CC4)c(=O)c3c2C)cc1. The molecule has 180 valence electrons. The maximum Gasteiger partial charge on any atom is 0.276 e. The lowest BCUT2D eigenvalue weighted by molar-refractivity contribution is -0.132. The van der Waals surface area contributed by atoms with Gasteiger partial charge in [-0.1, -0.05) is 35.9 Å². The molecule has 1 amide bonds. The summed E-state index contributed by atoms with van der Waals surface area (Å²) in [6.45, 7) is 9.30. The van der Waals surface area contributed by atoms with Gasteiger partial charge < -0.3 is 14.4 Å². The molecule has 8 nitrogen and oxygen atoms in total. The Bertz CT molecular complexity index is 1410. The highest BCUT2D eigenvalue weighted by atomic mass is 16.2. The smallest absolute Gasteiger partial charge is 0.276 e. The van der Waals surface area contributed by atoms with Gasteiger partial charge in [0.15, 0.2) is 0 Å². The molecule has 3 aromatic heterocycles. The Morgan fingerprint density at radius 1 is 0.943 bits per heavy atom. The third kappa shape index (κ3) is 4.43. The molecular weight excluding hydrogens is 440 g/mol. The van der Waals surface area contributed by atoms with Gasteiger partial charge in [-0.3, -0.25) is 9.59 Å². The number of aromatic nitrogens is 4. The number of fused-ring (bicyclic) bond motifs is 1. The second kappa shape index (κ2) is 9.37. The van der Waals surface area contributed by atoms with Gasteiger partial charge in [0.05, 0.1) is 11.6 Å². The molecule has 35 heavy (non-hydrogen) atoms. The summed E-state index contributed by atoms with van der Waals surface area (Å²) < 4.78 is 3.46. The zero-order valence-electron chi connectivity index (χ0n) is 20.4. The number of anilines is 1. The number of pyridine rings is 1. The second-order valence-corrected chi connectivity index (χ2v) is 9.19. The van der Waals surface area contributed by atoms with Crippen LogP contribution in [0.3, 0.4) is 0 Å². The van der Waals surface area contributed by atoms with E-state index in [-0.39, 0.29) is 18.0 Å². The number of amides is 1. The van der Waals surface area contributed by atoms with Crippen molar-refractivity contribution in [2.45, 2.75) is 33.9 Å². The second-order valence-electron chi connectivity index (χ2n) is 9.19. The fourth-order valence-corrected chi connectivity index (χ4v) is 4.82. The average molecular weight is 471 g/mol. The Balaban J connectivity index is 1.33. The lowest BCUT2D eigenvalue weighted by Crippen LogP contribution is -2.50. The standard InChI is InChI=1S/C27H30N6O2/c1-19-7-9-22(10-8-19)17-32-20(2)23-16-29-33(27(35)26(23)21(32)3)18-25(34)31-14-12-30(13-15-31)24-6-4-5-11-28-24/h4-11,16H,12-15,17-18H2,1-3H3. The molecule has 4 aromatic rings. The molecule has 1 saturated heterocycles. The van der Waals surface area contributed by atoms with E-state index in [9.17, 15) is 9.59 Å². The summed E-state index contributed by atoms with van der Waals surface area (Å²) in [4.78, 5) is 34.7. The Labute approximate surface area is 204 Å². The minimum atomic E-state index is -0.216. The van der Waals surface area contributed by atoms with Crippen LogP contribution in [-0.2, 0) is 17.9 Å². The van der Waals surface area contributed by atoms with Crippen LogP contribution in [0.4, 0.5) is 5.82 Å². The predicted octanol–water partition coefficient (Wildman–Crippen LogP) is 2.92. The molecule has 0 radical (unpaired) electrons. The third-order valence-electron chi connectivity index (χ3n) is 6.96. The summed E-state index contributed by atoms with van der Waals surface area (Å²) in [7, 11) is 0. The zero-order valence-corrected chi connectivity index (χ0v) is 20.4. The molecule has 0 atom stereocenters. The monoisotopic (exact) mass is 470 g/mol. The van der Waals surface area contributed by atoms with Crippen LogP contribution < -0.4 is 10.5 Å². The molecule has 1 aliphatic rings. The van der Waals surface area contributed by atoms with Crippen molar-refractivity contribution in [2.24, 2.45) is 0 Å². The molecule has 0 saturated carbocycles. The van der Waals surface area contributed by atoms with Gasteiger partial charge in [0.2, 0.25) is 5.91 Å². The summed E-state index contributed by atoms with van der Waals surface area (Å²) >= 11 is 0. The first kappa shape index (κ1) is 22.8. The van der Waals surface area contributed by atoms with Crippen LogP contribution in [0.25, 0.3) is 10.8 Å². The Morgan fingerprint density at radius 3 is 2.37 bits per heavy atom. The van der Waals surface area contributed by atoms with Gasteiger partial charge in [0.1, 0.15) is 12.4 Å². The number of rotatable bonds is 5. The number of benzene rings is 1. The summed E-state index contributed by atoms with van der Waals surface area (Å²) in [5.74, 6) is 0.831. The van der Waals surface area contributed by atoms with E-state index in [1.807, 2.05) is 32.0 Å². The lowest BCUT2D eigenvalue weighted by atomic mass is 10.1. The number of piperazine rings is 1. The van der Waals surface area contributed by atoms with Gasteiger partial charge in [-0.05, 0) is 38.5 Å². The highest BCUT2D eigenvalue weighted by molar-refractivity contribution is 5.87. The van der Waals surface area contributed by atoms with Crippen LogP contribution in [0.1, 0.15) is 22.5 Å². The first-order valence-electron chi connectivity index (χ1n) is 12.0. The minimum absolute atomic E-state index is 0.0556. The number of hydrogen-bond donors (Lipinski definition) is 0. The number of carbonyl (C=O) groups excluding carboxylic acids is 1. The van der Waals surface area contributed by atoms with Crippen molar-refractivity contribution in [2.75, 3.05) is 31.1 Å². The van der Waals surface area contributed by atoms with Crippen molar-refractivity contribution in [1.29, 1.82) is 0 Å². The molecule has 0 bridgehead atoms. The van der Waals surface area contributed by atoms with Gasteiger partial charge >= 0.3 is 0 Å². The molecule has 0 aliphatic carbocycles. The molecule has 0 unspecified atom stereocenters. The van der Waals surface area contributed by atoms with Gasteiger partial charge in [-0.25, -0.2) is 9.67 Å². The van der Waals surface area contributed by atoms with E-state index in [0.717, 1.165) is 22.6 Å². The number of nitrogens with zero attached hydrogens (tertiary/aromatic N) is 6. The van der Waals surface area contributed by atoms with Crippen LogP contribution in [0.2, 0.25) is 0 Å². The Morgan fingerprint density at radius 2 is 1.69 bits per heavy atom. The van der Waals surface area contributed by atoms with Crippen molar-refractivity contribution in [3.63, 3.8) is 0 Å². The van der Waals surface area contributed by atoms with Gasteiger partial charge in [-0.15, -0.1) is 0 Å². The van der Waals surface area contributed by atoms with E-state index in [0.29, 0.717) is 38.1 Å². The van der Waals surface area contributed by atoms with Crippen molar-refractivity contribution >= 4 is 22.5 Å². The summed E-state index contributed by atoms with van der Waals surface area (Å²) in [5, 5.41) is 5.84. The van der Waals surface area contributed by atoms with Crippen LogP contribution >= 0.6 is 0 Å². The fourth-order valence-electron chi connectivity index (χ4n) is 4.82. The van der Waals surface area contributed by atoms with Crippen molar-refractivity contribution < 1.29 is 4.79 Å². The van der Waals surface area contributed by atoms with Gasteiger partial charge in [0.25, 0.3) is 5.56 Å². The minimum Gasteiger partial charge on any atom is -0.353 e. The summed E-state index contributed by atoms with van der Waals surface area (Å²) in [6.07, 6.45) is 3.50. The van der Waals surface area contributed by atoms with Crippen LogP contribution in [0.15, 0.2) is 59.7 Å². The number of aryl methyl sites for hydroxylation is 3. The fraction of sp³-hybridized carbons (Fsp3) is 0.333. The quantitative estimate of drug-likeness (QED) is 0.448. The van der Waals surface area contributed by atoms with E-state index in [1.165, 1.54) is 15.8 Å². The molecule has 4 heterocycles. The molecule has 5 rings (SSSR count). The highest BCUT2D eigenvalue weighted by Crippen LogP contribution is 2.23. The van der Waals surface area contributed by atoms with E-state index in [4.69, 9.17) is 0 Å². The van der Waals surface area contributed by atoms with E-state index in [1.54, 1.807) is 17.3 Å².